The van der Waals surface area contributed by atoms with E-state index in [4.69, 9.17) is 11.6 Å². The second-order valence-electron chi connectivity index (χ2n) is 3.99. The van der Waals surface area contributed by atoms with Crippen molar-refractivity contribution in [1.29, 1.82) is 0 Å². The van der Waals surface area contributed by atoms with Crippen LogP contribution in [-0.2, 0) is 14.8 Å². The first-order chi connectivity index (χ1) is 8.44. The van der Waals surface area contributed by atoms with Crippen molar-refractivity contribution in [2.24, 2.45) is 0 Å². The van der Waals surface area contributed by atoms with E-state index in [0.29, 0.717) is 19.5 Å². The van der Waals surface area contributed by atoms with Gasteiger partial charge in [-0.3, -0.25) is 4.79 Å². The van der Waals surface area contributed by atoms with Gasteiger partial charge < -0.3 is 5.32 Å². The fourth-order valence-electron chi connectivity index (χ4n) is 1.82. The number of hydrogen-bond acceptors (Lipinski definition) is 4. The molecule has 0 radical (unpaired) electrons. The van der Waals surface area contributed by atoms with Gasteiger partial charge in [-0.25, -0.2) is 8.42 Å². The summed E-state index contributed by atoms with van der Waals surface area (Å²) in [6.07, 6.45) is 0.596. The standard InChI is InChI=1S/C10H13ClN2O3S2/c1-7-9(14)12-4-2-5-13(7)18(15,16)10-8(11)3-6-17-10/h3,6-7H,2,4-5H2,1H3,(H,12,14). The maximum absolute atomic E-state index is 12.4. The Morgan fingerprint density at radius 3 is 2.89 bits per heavy atom. The molecule has 0 aliphatic carbocycles. The van der Waals surface area contributed by atoms with Crippen LogP contribution in [0.1, 0.15) is 13.3 Å². The summed E-state index contributed by atoms with van der Waals surface area (Å²) < 4.78 is 26.2. The highest BCUT2D eigenvalue weighted by atomic mass is 35.5. The van der Waals surface area contributed by atoms with Crippen LogP contribution in [0.4, 0.5) is 0 Å². The monoisotopic (exact) mass is 308 g/mol. The summed E-state index contributed by atoms with van der Waals surface area (Å²) in [6, 6.07) is 0.831. The first-order valence-corrected chi connectivity index (χ1v) is 8.17. The maximum Gasteiger partial charge on any atom is 0.254 e. The van der Waals surface area contributed by atoms with Gasteiger partial charge in [-0.15, -0.1) is 11.3 Å². The Morgan fingerprint density at radius 2 is 2.28 bits per heavy atom. The van der Waals surface area contributed by atoms with Gasteiger partial charge in [-0.2, -0.15) is 4.31 Å². The third-order valence-electron chi connectivity index (χ3n) is 2.79. The van der Waals surface area contributed by atoms with E-state index in [9.17, 15) is 13.2 Å². The van der Waals surface area contributed by atoms with Crippen LogP contribution in [0.5, 0.6) is 0 Å². The van der Waals surface area contributed by atoms with E-state index in [2.05, 4.69) is 5.32 Å². The average molecular weight is 309 g/mol. The summed E-state index contributed by atoms with van der Waals surface area (Å²) in [5, 5.41) is 4.51. The zero-order chi connectivity index (χ0) is 13.3. The van der Waals surface area contributed by atoms with Crippen molar-refractivity contribution < 1.29 is 13.2 Å². The van der Waals surface area contributed by atoms with E-state index in [1.54, 1.807) is 18.4 Å². The van der Waals surface area contributed by atoms with Gasteiger partial charge in [0.1, 0.15) is 6.04 Å². The van der Waals surface area contributed by atoms with Crippen molar-refractivity contribution in [2.45, 2.75) is 23.6 Å². The molecule has 0 spiro atoms. The Kier molecular flexibility index (Phi) is 3.96. The molecule has 0 bridgehead atoms. The molecule has 1 aliphatic heterocycles. The normalized spacial score (nSPS) is 22.6. The number of rotatable bonds is 2. The fraction of sp³-hybridized carbons (Fsp3) is 0.500. The number of sulfonamides is 1. The number of carbonyl (C=O) groups is 1. The molecular weight excluding hydrogens is 296 g/mol. The lowest BCUT2D eigenvalue weighted by atomic mass is 10.3. The number of nitrogens with zero attached hydrogens (tertiary/aromatic N) is 1. The third-order valence-corrected chi connectivity index (χ3v) is 6.76. The van der Waals surface area contributed by atoms with Crippen LogP contribution in [0.15, 0.2) is 15.7 Å². The molecule has 5 nitrogen and oxygen atoms in total. The second-order valence-corrected chi connectivity index (χ2v) is 7.40. The highest BCUT2D eigenvalue weighted by molar-refractivity contribution is 7.91. The zero-order valence-electron chi connectivity index (χ0n) is 9.72. The van der Waals surface area contributed by atoms with Crippen molar-refractivity contribution in [2.75, 3.05) is 13.1 Å². The minimum Gasteiger partial charge on any atom is -0.355 e. The topological polar surface area (TPSA) is 66.5 Å². The summed E-state index contributed by atoms with van der Waals surface area (Å²) in [5.41, 5.74) is 0. The summed E-state index contributed by atoms with van der Waals surface area (Å²) in [6.45, 7) is 2.39. The quantitative estimate of drug-likeness (QED) is 0.895. The maximum atomic E-state index is 12.4. The molecule has 1 aromatic rings. The molecule has 18 heavy (non-hydrogen) atoms. The van der Waals surface area contributed by atoms with Crippen LogP contribution in [-0.4, -0.2) is 37.8 Å². The van der Waals surface area contributed by atoms with Crippen LogP contribution in [0.3, 0.4) is 0 Å². The lowest BCUT2D eigenvalue weighted by molar-refractivity contribution is -0.123. The van der Waals surface area contributed by atoms with Gasteiger partial charge in [0, 0.05) is 13.1 Å². The number of thiophene rings is 1. The molecule has 0 saturated carbocycles. The van der Waals surface area contributed by atoms with Gasteiger partial charge in [0.15, 0.2) is 4.21 Å². The molecule has 1 saturated heterocycles. The number of hydrogen-bond donors (Lipinski definition) is 1. The van der Waals surface area contributed by atoms with Crippen LogP contribution >= 0.6 is 22.9 Å². The van der Waals surface area contributed by atoms with Crippen molar-refractivity contribution in [3.63, 3.8) is 0 Å². The molecule has 1 N–H and O–H groups in total. The molecule has 1 atom stereocenters. The van der Waals surface area contributed by atoms with Crippen molar-refractivity contribution >= 4 is 38.9 Å². The number of nitrogens with one attached hydrogen (secondary N) is 1. The van der Waals surface area contributed by atoms with Crippen LogP contribution < -0.4 is 5.32 Å². The summed E-state index contributed by atoms with van der Waals surface area (Å²) >= 11 is 6.94. The van der Waals surface area contributed by atoms with Gasteiger partial charge in [-0.05, 0) is 24.8 Å². The van der Waals surface area contributed by atoms with E-state index in [0.717, 1.165) is 11.3 Å². The molecule has 2 heterocycles. The number of halogens is 1. The predicted octanol–water partition coefficient (Wildman–Crippen LogP) is 1.30. The summed E-state index contributed by atoms with van der Waals surface area (Å²) in [7, 11) is -3.70. The first-order valence-electron chi connectivity index (χ1n) is 5.47. The minimum absolute atomic E-state index is 0.103. The number of carbonyl (C=O) groups excluding carboxylic acids is 1. The Bertz CT molecular complexity index is 555. The van der Waals surface area contributed by atoms with Gasteiger partial charge in [0.05, 0.1) is 5.02 Å². The Morgan fingerprint density at radius 1 is 1.56 bits per heavy atom. The minimum atomic E-state index is -3.70. The fourth-order valence-corrected chi connectivity index (χ4v) is 5.24. The lowest BCUT2D eigenvalue weighted by Gasteiger charge is -2.24. The third kappa shape index (κ3) is 2.40. The van der Waals surface area contributed by atoms with Crippen LogP contribution in [0, 0.1) is 0 Å². The zero-order valence-corrected chi connectivity index (χ0v) is 12.1. The average Bonchev–Trinajstić information content (AvgIpc) is 2.67. The molecule has 8 heteroatoms. The van der Waals surface area contributed by atoms with E-state index in [1.807, 2.05) is 0 Å². The second kappa shape index (κ2) is 5.16. The molecule has 100 valence electrons. The summed E-state index contributed by atoms with van der Waals surface area (Å²) in [5.74, 6) is -0.274. The van der Waals surface area contributed by atoms with Gasteiger partial charge in [-0.1, -0.05) is 11.6 Å². The van der Waals surface area contributed by atoms with E-state index in [-0.39, 0.29) is 15.1 Å². The molecular formula is C10H13ClN2O3S2. The van der Waals surface area contributed by atoms with E-state index < -0.39 is 16.1 Å². The summed E-state index contributed by atoms with van der Waals surface area (Å²) in [4.78, 5) is 11.7. The van der Waals surface area contributed by atoms with Gasteiger partial charge in [0.25, 0.3) is 10.0 Å². The first kappa shape index (κ1) is 13.8. The Balaban J connectivity index is 2.40. The lowest BCUT2D eigenvalue weighted by Crippen LogP contribution is -2.45. The molecule has 2 rings (SSSR count). The van der Waals surface area contributed by atoms with Gasteiger partial charge >= 0.3 is 0 Å². The van der Waals surface area contributed by atoms with Gasteiger partial charge in [0.2, 0.25) is 5.91 Å². The van der Waals surface area contributed by atoms with Crippen LogP contribution in [0.25, 0.3) is 0 Å². The highest BCUT2D eigenvalue weighted by Gasteiger charge is 2.35. The molecule has 0 aromatic carbocycles. The molecule has 1 amide bonds. The molecule has 1 aromatic heterocycles. The van der Waals surface area contributed by atoms with E-state index in [1.165, 1.54) is 4.31 Å². The number of amides is 1. The SMILES string of the molecule is CC1C(=O)NCCCN1S(=O)(=O)c1sccc1Cl. The Labute approximate surface area is 115 Å². The van der Waals surface area contributed by atoms with Crippen LogP contribution in [0.2, 0.25) is 5.02 Å². The van der Waals surface area contributed by atoms with Crippen molar-refractivity contribution in [3.05, 3.63) is 16.5 Å². The Hall–Kier alpha value is -0.630. The molecule has 1 aliphatic rings. The highest BCUT2D eigenvalue weighted by Crippen LogP contribution is 2.31. The smallest absolute Gasteiger partial charge is 0.254 e. The van der Waals surface area contributed by atoms with Crippen molar-refractivity contribution in [3.8, 4) is 0 Å². The molecule has 1 unspecified atom stereocenters. The van der Waals surface area contributed by atoms with E-state index >= 15 is 0 Å². The largest absolute Gasteiger partial charge is 0.355 e. The predicted molar refractivity (Wildman–Crippen MR) is 70.3 cm³/mol. The van der Waals surface area contributed by atoms with Crippen molar-refractivity contribution in [1.82, 2.24) is 9.62 Å². The molecule has 1 fully saturated rings.